The summed E-state index contributed by atoms with van der Waals surface area (Å²) in [5.74, 6) is 2.96. The largest absolute Gasteiger partial charge is 0.356 e. The van der Waals surface area contributed by atoms with Gasteiger partial charge in [-0.1, -0.05) is 19.8 Å². The van der Waals surface area contributed by atoms with Crippen LogP contribution in [0.4, 0.5) is 0 Å². The van der Waals surface area contributed by atoms with Crippen molar-refractivity contribution < 1.29 is 0 Å². The first-order chi connectivity index (χ1) is 9.35. The van der Waals surface area contributed by atoms with E-state index in [9.17, 15) is 0 Å². The Morgan fingerprint density at radius 2 is 2.15 bits per heavy atom. The molecular weight excluding hydrogens is 367 g/mol. The van der Waals surface area contributed by atoms with Crippen LogP contribution in [0.3, 0.4) is 0 Å². The lowest BCUT2D eigenvalue weighted by molar-refractivity contribution is 0.652. The quantitative estimate of drug-likeness (QED) is 0.335. The molecule has 0 bridgehead atoms. The number of aryl methyl sites for hydroxylation is 1. The van der Waals surface area contributed by atoms with E-state index < -0.39 is 0 Å². The molecule has 0 radical (unpaired) electrons. The summed E-state index contributed by atoms with van der Waals surface area (Å²) >= 11 is 0. The molecule has 0 saturated carbocycles. The molecule has 1 aliphatic heterocycles. The smallest absolute Gasteiger partial charge is 0.191 e. The number of nitrogens with zero attached hydrogens (tertiary/aromatic N) is 4. The minimum absolute atomic E-state index is 0. The molecule has 0 spiro atoms. The molecule has 0 amide bonds. The van der Waals surface area contributed by atoms with Gasteiger partial charge in [-0.2, -0.15) is 0 Å². The first kappa shape index (κ1) is 17.2. The van der Waals surface area contributed by atoms with Crippen molar-refractivity contribution in [3.05, 3.63) is 11.6 Å². The number of hydrogen-bond donors (Lipinski definition) is 2. The molecule has 0 fully saturated rings. The molecule has 7 heteroatoms. The second kappa shape index (κ2) is 9.15. The summed E-state index contributed by atoms with van der Waals surface area (Å²) in [6.45, 7) is 4.90. The molecule has 2 heterocycles. The molecule has 1 aliphatic rings. The molecule has 6 nitrogen and oxygen atoms in total. The van der Waals surface area contributed by atoms with Gasteiger partial charge in [-0.3, -0.25) is 4.99 Å². The van der Waals surface area contributed by atoms with Crippen molar-refractivity contribution in [2.24, 2.45) is 4.99 Å². The first-order valence-electron chi connectivity index (χ1n) is 7.20. The van der Waals surface area contributed by atoms with E-state index >= 15 is 0 Å². The highest BCUT2D eigenvalue weighted by Crippen LogP contribution is 2.13. The van der Waals surface area contributed by atoms with E-state index in [-0.39, 0.29) is 24.0 Å². The van der Waals surface area contributed by atoms with E-state index in [1.54, 1.807) is 7.05 Å². The van der Waals surface area contributed by atoms with Crippen LogP contribution < -0.4 is 10.6 Å². The van der Waals surface area contributed by atoms with Gasteiger partial charge in [0.15, 0.2) is 11.8 Å². The van der Waals surface area contributed by atoms with Gasteiger partial charge in [-0.05, 0) is 12.8 Å². The highest BCUT2D eigenvalue weighted by Gasteiger charge is 2.16. The number of unbranched alkanes of at least 4 members (excludes halogenated alkanes) is 2. The second-order valence-electron chi connectivity index (χ2n) is 4.85. The van der Waals surface area contributed by atoms with Crippen LogP contribution in [0.2, 0.25) is 0 Å². The van der Waals surface area contributed by atoms with Gasteiger partial charge in [0.1, 0.15) is 5.82 Å². The van der Waals surface area contributed by atoms with Gasteiger partial charge in [0.2, 0.25) is 0 Å². The van der Waals surface area contributed by atoms with E-state index in [1.165, 1.54) is 25.7 Å². The zero-order chi connectivity index (χ0) is 13.5. The summed E-state index contributed by atoms with van der Waals surface area (Å²) < 4.78 is 2.21. The van der Waals surface area contributed by atoms with Crippen molar-refractivity contribution in [3.63, 3.8) is 0 Å². The monoisotopic (exact) mass is 392 g/mol. The zero-order valence-corrected chi connectivity index (χ0v) is 14.7. The first-order valence-corrected chi connectivity index (χ1v) is 7.20. The highest BCUT2D eigenvalue weighted by molar-refractivity contribution is 14.0. The van der Waals surface area contributed by atoms with Gasteiger partial charge in [0.05, 0.1) is 6.54 Å². The van der Waals surface area contributed by atoms with E-state index in [0.29, 0.717) is 6.54 Å². The van der Waals surface area contributed by atoms with Crippen molar-refractivity contribution in [2.75, 3.05) is 13.6 Å². The predicted molar refractivity (Wildman–Crippen MR) is 91.5 cm³/mol. The molecule has 1 aromatic rings. The number of nitrogens with one attached hydrogen (secondary N) is 2. The Balaban J connectivity index is 0.00000200. The van der Waals surface area contributed by atoms with Crippen LogP contribution in [0.25, 0.3) is 0 Å². The Kier molecular flexibility index (Phi) is 7.86. The minimum Gasteiger partial charge on any atom is -0.356 e. The Labute approximate surface area is 137 Å². The van der Waals surface area contributed by atoms with Gasteiger partial charge in [-0.25, -0.2) is 0 Å². The van der Waals surface area contributed by atoms with Gasteiger partial charge >= 0.3 is 0 Å². The van der Waals surface area contributed by atoms with E-state index in [4.69, 9.17) is 0 Å². The standard InChI is InChI=1S/C13H24N6.HI/c1-3-4-5-8-15-13(14-2)16-10-12-18-17-11-7-6-9-19(11)12;/h3-10H2,1-2H3,(H2,14,15,16);1H. The molecule has 0 saturated heterocycles. The molecule has 20 heavy (non-hydrogen) atoms. The number of rotatable bonds is 6. The summed E-state index contributed by atoms with van der Waals surface area (Å²) in [7, 11) is 1.80. The minimum atomic E-state index is 0. The SMILES string of the molecule is CCCCCNC(=NC)NCc1nnc2n1CCC2.I. The molecule has 0 aromatic carbocycles. The summed E-state index contributed by atoms with van der Waals surface area (Å²) in [5, 5.41) is 15.0. The number of aliphatic imine (C=N–C) groups is 1. The van der Waals surface area contributed by atoms with Crippen molar-refractivity contribution in [1.82, 2.24) is 25.4 Å². The van der Waals surface area contributed by atoms with Crippen LogP contribution >= 0.6 is 24.0 Å². The predicted octanol–water partition coefficient (Wildman–Crippen LogP) is 1.70. The van der Waals surface area contributed by atoms with Crippen molar-refractivity contribution >= 4 is 29.9 Å². The zero-order valence-electron chi connectivity index (χ0n) is 12.4. The second-order valence-corrected chi connectivity index (χ2v) is 4.85. The van der Waals surface area contributed by atoms with Crippen molar-refractivity contribution in [1.29, 1.82) is 0 Å². The average molecular weight is 392 g/mol. The van der Waals surface area contributed by atoms with Crippen LogP contribution in [0.5, 0.6) is 0 Å². The van der Waals surface area contributed by atoms with Gasteiger partial charge < -0.3 is 15.2 Å². The maximum atomic E-state index is 4.22. The normalized spacial score (nSPS) is 13.8. The fourth-order valence-corrected chi connectivity index (χ4v) is 2.31. The number of aromatic nitrogens is 3. The fraction of sp³-hybridized carbons (Fsp3) is 0.769. The molecule has 0 unspecified atom stereocenters. The van der Waals surface area contributed by atoms with Crippen molar-refractivity contribution in [2.45, 2.75) is 52.1 Å². The lowest BCUT2D eigenvalue weighted by Gasteiger charge is -2.11. The highest BCUT2D eigenvalue weighted by atomic mass is 127. The molecule has 1 aromatic heterocycles. The lowest BCUT2D eigenvalue weighted by Crippen LogP contribution is -2.37. The van der Waals surface area contributed by atoms with E-state index in [2.05, 4.69) is 37.3 Å². The molecule has 2 rings (SSSR count). The Bertz CT molecular complexity index is 428. The van der Waals surface area contributed by atoms with Gasteiger partial charge in [0.25, 0.3) is 0 Å². The number of fused-ring (bicyclic) bond motifs is 1. The summed E-state index contributed by atoms with van der Waals surface area (Å²) in [6.07, 6.45) is 5.90. The summed E-state index contributed by atoms with van der Waals surface area (Å²) in [4.78, 5) is 4.22. The van der Waals surface area contributed by atoms with Crippen LogP contribution in [-0.4, -0.2) is 34.3 Å². The topological polar surface area (TPSA) is 67.1 Å². The fourth-order valence-electron chi connectivity index (χ4n) is 2.31. The molecule has 0 aliphatic carbocycles. The summed E-state index contributed by atoms with van der Waals surface area (Å²) in [6, 6.07) is 0. The summed E-state index contributed by atoms with van der Waals surface area (Å²) in [5.41, 5.74) is 0. The lowest BCUT2D eigenvalue weighted by atomic mass is 10.2. The Hall–Kier alpha value is -0.860. The third-order valence-corrected chi connectivity index (χ3v) is 3.40. The number of hydrogen-bond acceptors (Lipinski definition) is 3. The molecule has 114 valence electrons. The number of halogens is 1. The van der Waals surface area contributed by atoms with Crippen LogP contribution in [0.1, 0.15) is 44.3 Å². The molecule has 0 atom stereocenters. The van der Waals surface area contributed by atoms with Crippen LogP contribution in [0.15, 0.2) is 4.99 Å². The molecule has 2 N–H and O–H groups in total. The van der Waals surface area contributed by atoms with E-state index in [0.717, 1.165) is 37.1 Å². The number of guanidine groups is 1. The maximum Gasteiger partial charge on any atom is 0.191 e. The van der Waals surface area contributed by atoms with Crippen molar-refractivity contribution in [3.8, 4) is 0 Å². The Morgan fingerprint density at radius 3 is 2.90 bits per heavy atom. The molecular formula is C13H25IN6. The average Bonchev–Trinajstić information content (AvgIpc) is 3.02. The van der Waals surface area contributed by atoms with Crippen LogP contribution in [0, 0.1) is 0 Å². The third kappa shape index (κ3) is 4.60. The maximum absolute atomic E-state index is 4.22. The third-order valence-electron chi connectivity index (χ3n) is 3.40. The Morgan fingerprint density at radius 1 is 1.30 bits per heavy atom. The van der Waals surface area contributed by atoms with E-state index in [1.807, 2.05) is 0 Å². The van der Waals surface area contributed by atoms with Gasteiger partial charge in [0, 0.05) is 26.6 Å². The van der Waals surface area contributed by atoms with Gasteiger partial charge in [-0.15, -0.1) is 34.2 Å². The van der Waals surface area contributed by atoms with Crippen LogP contribution in [-0.2, 0) is 19.5 Å².